The van der Waals surface area contributed by atoms with Crippen molar-refractivity contribution in [3.63, 3.8) is 0 Å². The van der Waals surface area contributed by atoms with Crippen LogP contribution in [0.4, 0.5) is 17.3 Å². The maximum Gasteiger partial charge on any atom is 0.155 e. The number of hydrogen-bond donors (Lipinski definition) is 3. The summed E-state index contributed by atoms with van der Waals surface area (Å²) in [5.74, 6) is 1.28. The van der Waals surface area contributed by atoms with Crippen molar-refractivity contribution in [2.75, 3.05) is 22.9 Å². The summed E-state index contributed by atoms with van der Waals surface area (Å²) < 4.78 is 0. The van der Waals surface area contributed by atoms with E-state index in [9.17, 15) is 0 Å². The fourth-order valence-electron chi connectivity index (χ4n) is 1.53. The molecule has 2 heterocycles. The summed E-state index contributed by atoms with van der Waals surface area (Å²) in [7, 11) is 0. The molecular formula is C12H16N6. The third-order valence-electron chi connectivity index (χ3n) is 2.41. The lowest BCUT2D eigenvalue weighted by molar-refractivity contribution is 1.06. The van der Waals surface area contributed by atoms with Crippen LogP contribution in [-0.4, -0.2) is 21.5 Å². The van der Waals surface area contributed by atoms with Crippen LogP contribution in [0.1, 0.15) is 12.5 Å². The monoisotopic (exact) mass is 244 g/mol. The summed E-state index contributed by atoms with van der Waals surface area (Å²) in [6.45, 7) is 3.38. The molecule has 0 aliphatic carbocycles. The molecule has 0 spiro atoms. The minimum atomic E-state index is 0.531. The van der Waals surface area contributed by atoms with Gasteiger partial charge in [0.1, 0.15) is 12.0 Å². The Morgan fingerprint density at radius 3 is 2.67 bits per heavy atom. The number of nitrogens with zero attached hydrogens (tertiary/aromatic N) is 3. The fourth-order valence-corrected chi connectivity index (χ4v) is 1.53. The molecule has 0 aromatic carbocycles. The Morgan fingerprint density at radius 2 is 2.00 bits per heavy atom. The molecule has 0 radical (unpaired) electrons. The van der Waals surface area contributed by atoms with Crippen LogP contribution in [0.25, 0.3) is 0 Å². The number of nitrogens with one attached hydrogen (secondary N) is 2. The minimum Gasteiger partial charge on any atom is -0.393 e. The van der Waals surface area contributed by atoms with Gasteiger partial charge in [-0.15, -0.1) is 0 Å². The van der Waals surface area contributed by atoms with Gasteiger partial charge in [0, 0.05) is 25.5 Å². The van der Waals surface area contributed by atoms with Gasteiger partial charge in [-0.1, -0.05) is 6.07 Å². The van der Waals surface area contributed by atoms with E-state index in [4.69, 9.17) is 5.73 Å². The second kappa shape index (κ2) is 5.81. The van der Waals surface area contributed by atoms with E-state index < -0.39 is 0 Å². The van der Waals surface area contributed by atoms with Crippen molar-refractivity contribution < 1.29 is 0 Å². The average molecular weight is 244 g/mol. The van der Waals surface area contributed by atoms with Crippen LogP contribution in [0.15, 0.2) is 30.9 Å². The summed E-state index contributed by atoms with van der Waals surface area (Å²) in [6, 6.07) is 3.88. The topological polar surface area (TPSA) is 88.8 Å². The zero-order chi connectivity index (χ0) is 12.8. The number of pyridine rings is 1. The second-order valence-electron chi connectivity index (χ2n) is 3.73. The maximum atomic E-state index is 5.97. The van der Waals surface area contributed by atoms with Gasteiger partial charge in [0.25, 0.3) is 0 Å². The van der Waals surface area contributed by atoms with Crippen LogP contribution < -0.4 is 16.4 Å². The van der Waals surface area contributed by atoms with Crippen LogP contribution in [0.3, 0.4) is 0 Å². The summed E-state index contributed by atoms with van der Waals surface area (Å²) >= 11 is 0. The number of anilines is 3. The van der Waals surface area contributed by atoms with Crippen LogP contribution in [0.5, 0.6) is 0 Å². The molecule has 0 atom stereocenters. The molecule has 2 aromatic rings. The predicted octanol–water partition coefficient (Wildman–Crippen LogP) is 1.50. The molecule has 0 aliphatic heterocycles. The molecule has 0 fully saturated rings. The average Bonchev–Trinajstić information content (AvgIpc) is 2.41. The lowest BCUT2D eigenvalue weighted by atomic mass is 10.3. The SMILES string of the molecule is CCNc1ncnc(NCc2cccnc2)c1N. The van der Waals surface area contributed by atoms with Gasteiger partial charge in [0.15, 0.2) is 11.6 Å². The van der Waals surface area contributed by atoms with Crippen LogP contribution in [-0.2, 0) is 6.54 Å². The van der Waals surface area contributed by atoms with Crippen molar-refractivity contribution in [1.82, 2.24) is 15.0 Å². The number of nitrogens with two attached hydrogens (primary N) is 1. The smallest absolute Gasteiger partial charge is 0.155 e. The maximum absolute atomic E-state index is 5.97. The van der Waals surface area contributed by atoms with Gasteiger partial charge in [-0.3, -0.25) is 4.98 Å². The Labute approximate surface area is 106 Å². The van der Waals surface area contributed by atoms with Crippen molar-refractivity contribution in [2.24, 2.45) is 0 Å². The number of aromatic nitrogens is 3. The van der Waals surface area contributed by atoms with E-state index in [2.05, 4.69) is 25.6 Å². The molecule has 0 unspecified atom stereocenters. The van der Waals surface area contributed by atoms with E-state index in [1.54, 1.807) is 12.4 Å². The highest BCUT2D eigenvalue weighted by Gasteiger charge is 2.06. The molecule has 6 heteroatoms. The fraction of sp³-hybridized carbons (Fsp3) is 0.250. The lowest BCUT2D eigenvalue weighted by Gasteiger charge is -2.11. The van der Waals surface area contributed by atoms with Crippen molar-refractivity contribution in [3.05, 3.63) is 36.4 Å². The molecule has 2 aromatic heterocycles. The molecule has 0 amide bonds. The predicted molar refractivity (Wildman–Crippen MR) is 72.2 cm³/mol. The Kier molecular flexibility index (Phi) is 3.90. The Balaban J connectivity index is 2.08. The molecule has 0 saturated carbocycles. The van der Waals surface area contributed by atoms with Crippen molar-refractivity contribution in [1.29, 1.82) is 0 Å². The van der Waals surface area contributed by atoms with Gasteiger partial charge < -0.3 is 16.4 Å². The largest absolute Gasteiger partial charge is 0.393 e. The zero-order valence-electron chi connectivity index (χ0n) is 10.2. The van der Waals surface area contributed by atoms with E-state index in [0.29, 0.717) is 23.9 Å². The number of nitrogen functional groups attached to an aromatic ring is 1. The molecule has 6 nitrogen and oxygen atoms in total. The van der Waals surface area contributed by atoms with Crippen LogP contribution in [0, 0.1) is 0 Å². The molecular weight excluding hydrogens is 228 g/mol. The van der Waals surface area contributed by atoms with E-state index in [-0.39, 0.29) is 0 Å². The van der Waals surface area contributed by atoms with E-state index in [1.165, 1.54) is 6.33 Å². The quantitative estimate of drug-likeness (QED) is 0.738. The normalized spacial score (nSPS) is 10.1. The van der Waals surface area contributed by atoms with Gasteiger partial charge in [-0.2, -0.15) is 0 Å². The van der Waals surface area contributed by atoms with E-state index >= 15 is 0 Å². The third kappa shape index (κ3) is 2.85. The summed E-state index contributed by atoms with van der Waals surface area (Å²) in [5.41, 5.74) is 7.57. The molecule has 4 N–H and O–H groups in total. The van der Waals surface area contributed by atoms with E-state index in [0.717, 1.165) is 12.1 Å². The highest BCUT2D eigenvalue weighted by atomic mass is 15.1. The molecule has 94 valence electrons. The second-order valence-corrected chi connectivity index (χ2v) is 3.73. The van der Waals surface area contributed by atoms with Gasteiger partial charge >= 0.3 is 0 Å². The van der Waals surface area contributed by atoms with Crippen molar-refractivity contribution in [2.45, 2.75) is 13.5 Å². The molecule has 0 bridgehead atoms. The highest BCUT2D eigenvalue weighted by molar-refractivity contribution is 5.73. The van der Waals surface area contributed by atoms with Gasteiger partial charge in [0.2, 0.25) is 0 Å². The van der Waals surface area contributed by atoms with Crippen molar-refractivity contribution >= 4 is 17.3 Å². The standard InChI is InChI=1S/C12H16N6/c1-2-15-11-10(13)12(18-8-17-11)16-7-9-4-3-5-14-6-9/h3-6,8H,2,7,13H2,1H3,(H2,15,16,17,18). The lowest BCUT2D eigenvalue weighted by Crippen LogP contribution is -2.09. The molecule has 0 saturated heterocycles. The van der Waals surface area contributed by atoms with Crippen molar-refractivity contribution in [3.8, 4) is 0 Å². The summed E-state index contributed by atoms with van der Waals surface area (Å²) in [5, 5.41) is 6.26. The number of rotatable bonds is 5. The summed E-state index contributed by atoms with van der Waals surface area (Å²) in [4.78, 5) is 12.3. The Bertz CT molecular complexity index is 499. The van der Waals surface area contributed by atoms with Gasteiger partial charge in [-0.05, 0) is 18.6 Å². The van der Waals surface area contributed by atoms with Crippen LogP contribution in [0.2, 0.25) is 0 Å². The Hall–Kier alpha value is -2.37. The molecule has 18 heavy (non-hydrogen) atoms. The van der Waals surface area contributed by atoms with Gasteiger partial charge in [0.05, 0.1) is 0 Å². The third-order valence-corrected chi connectivity index (χ3v) is 2.41. The highest BCUT2D eigenvalue weighted by Crippen LogP contribution is 2.22. The first-order valence-electron chi connectivity index (χ1n) is 5.78. The van der Waals surface area contributed by atoms with Crippen LogP contribution >= 0.6 is 0 Å². The summed E-state index contributed by atoms with van der Waals surface area (Å²) in [6.07, 6.45) is 5.03. The minimum absolute atomic E-state index is 0.531. The first kappa shape index (κ1) is 12.1. The molecule has 2 rings (SSSR count). The van der Waals surface area contributed by atoms with Gasteiger partial charge in [-0.25, -0.2) is 9.97 Å². The first-order chi connectivity index (χ1) is 8.81. The molecule has 0 aliphatic rings. The first-order valence-corrected chi connectivity index (χ1v) is 5.78. The Morgan fingerprint density at radius 1 is 1.22 bits per heavy atom. The van der Waals surface area contributed by atoms with E-state index in [1.807, 2.05) is 19.1 Å². The zero-order valence-corrected chi connectivity index (χ0v) is 10.2. The number of hydrogen-bond acceptors (Lipinski definition) is 6.